The molecule has 0 amide bonds. The van der Waals surface area contributed by atoms with Crippen LogP contribution in [-0.4, -0.2) is 4.92 Å². The first-order valence-electron chi connectivity index (χ1n) is 4.53. The fraction of sp³-hybridized carbons (Fsp3) is 0.400. The van der Waals surface area contributed by atoms with Crippen LogP contribution in [0.4, 0.5) is 11.4 Å². The van der Waals surface area contributed by atoms with Crippen molar-refractivity contribution >= 4 is 11.4 Å². The lowest BCUT2D eigenvalue weighted by atomic mass is 9.85. The van der Waals surface area contributed by atoms with Gasteiger partial charge in [-0.25, -0.2) is 5.48 Å². The van der Waals surface area contributed by atoms with Crippen LogP contribution < -0.4 is 5.48 Å². The van der Waals surface area contributed by atoms with Crippen molar-refractivity contribution in [1.82, 2.24) is 0 Å². The molecule has 0 aliphatic carbocycles. The van der Waals surface area contributed by atoms with E-state index in [9.17, 15) is 15.3 Å². The van der Waals surface area contributed by atoms with Crippen LogP contribution in [0.25, 0.3) is 0 Å². The van der Waals surface area contributed by atoms with E-state index < -0.39 is 4.92 Å². The highest BCUT2D eigenvalue weighted by Crippen LogP contribution is 2.32. The first-order chi connectivity index (χ1) is 6.86. The lowest BCUT2D eigenvalue weighted by Crippen LogP contribution is -2.14. The predicted molar refractivity (Wildman–Crippen MR) is 56.1 cm³/mol. The Morgan fingerprint density at radius 3 is 2.33 bits per heavy atom. The summed E-state index contributed by atoms with van der Waals surface area (Å²) < 4.78 is 0. The molecule has 0 aromatic heterocycles. The number of benzene rings is 1. The number of hydrogen-bond donors (Lipinski definition) is 1. The van der Waals surface area contributed by atoms with E-state index in [0.717, 1.165) is 0 Å². The number of nitrogens with one attached hydrogen (secondary N) is 1. The standard InChI is InChI=1S/C10H13N2O3/c1-10(2,3)8-6-7(12(14)15)4-5-9(8)11-13/h4-6,11H,1-3H3. The van der Waals surface area contributed by atoms with Gasteiger partial charge in [0.2, 0.25) is 0 Å². The Balaban J connectivity index is 3.32. The Morgan fingerprint density at radius 2 is 1.93 bits per heavy atom. The van der Waals surface area contributed by atoms with Crippen molar-refractivity contribution in [3.63, 3.8) is 0 Å². The third-order valence-corrected chi connectivity index (χ3v) is 2.13. The van der Waals surface area contributed by atoms with Crippen LogP contribution in [-0.2, 0) is 10.6 Å². The van der Waals surface area contributed by atoms with Gasteiger partial charge in [-0.3, -0.25) is 10.1 Å². The van der Waals surface area contributed by atoms with Crippen LogP contribution >= 0.6 is 0 Å². The minimum atomic E-state index is -0.468. The molecule has 1 rings (SSSR count). The third-order valence-electron chi connectivity index (χ3n) is 2.13. The fourth-order valence-corrected chi connectivity index (χ4v) is 1.36. The quantitative estimate of drug-likeness (QED) is 0.601. The summed E-state index contributed by atoms with van der Waals surface area (Å²) in [5.41, 5.74) is 2.52. The number of nitro benzene ring substituents is 1. The highest BCUT2D eigenvalue weighted by molar-refractivity contribution is 5.57. The smallest absolute Gasteiger partial charge is 0.258 e. The molecule has 0 saturated carbocycles. The highest BCUT2D eigenvalue weighted by Gasteiger charge is 2.21. The molecule has 0 spiro atoms. The zero-order chi connectivity index (χ0) is 11.6. The molecular formula is C10H13N2O3. The molecular weight excluding hydrogens is 196 g/mol. The number of nitro groups is 1. The van der Waals surface area contributed by atoms with E-state index in [2.05, 4.69) is 0 Å². The van der Waals surface area contributed by atoms with Crippen LogP contribution in [0.1, 0.15) is 26.3 Å². The molecule has 5 heteroatoms. The number of rotatable bonds is 2. The molecule has 81 valence electrons. The second kappa shape index (κ2) is 3.86. The van der Waals surface area contributed by atoms with E-state index in [4.69, 9.17) is 0 Å². The average molecular weight is 209 g/mol. The van der Waals surface area contributed by atoms with E-state index in [-0.39, 0.29) is 11.1 Å². The summed E-state index contributed by atoms with van der Waals surface area (Å²) in [5.74, 6) is 0. The predicted octanol–water partition coefficient (Wildman–Crippen LogP) is 2.65. The fourth-order valence-electron chi connectivity index (χ4n) is 1.36. The Bertz CT molecular complexity index is 383. The monoisotopic (exact) mass is 209 g/mol. The largest absolute Gasteiger partial charge is 0.269 e. The van der Waals surface area contributed by atoms with E-state index >= 15 is 0 Å². The van der Waals surface area contributed by atoms with Gasteiger partial charge in [-0.15, -0.1) is 0 Å². The number of anilines is 1. The summed E-state index contributed by atoms with van der Waals surface area (Å²) in [6.45, 7) is 5.69. The summed E-state index contributed by atoms with van der Waals surface area (Å²) in [4.78, 5) is 10.1. The maximum Gasteiger partial charge on any atom is 0.269 e. The molecule has 0 atom stereocenters. The Morgan fingerprint density at radius 1 is 1.33 bits per heavy atom. The summed E-state index contributed by atoms with van der Waals surface area (Å²) in [6.07, 6.45) is 0. The molecule has 15 heavy (non-hydrogen) atoms. The molecule has 1 radical (unpaired) electrons. The molecule has 0 heterocycles. The Kier molecular flexibility index (Phi) is 2.95. The minimum absolute atomic E-state index is 0.000995. The molecule has 0 unspecified atom stereocenters. The topological polar surface area (TPSA) is 75.1 Å². The maximum atomic E-state index is 10.7. The summed E-state index contributed by atoms with van der Waals surface area (Å²) in [5, 5.41) is 21.2. The van der Waals surface area contributed by atoms with Gasteiger partial charge in [-0.05, 0) is 17.0 Å². The second-order valence-corrected chi connectivity index (χ2v) is 4.34. The molecule has 0 aliphatic heterocycles. The van der Waals surface area contributed by atoms with Crippen LogP contribution in [0.2, 0.25) is 0 Å². The van der Waals surface area contributed by atoms with E-state index in [0.29, 0.717) is 11.3 Å². The van der Waals surface area contributed by atoms with Gasteiger partial charge in [-0.1, -0.05) is 26.0 Å². The van der Waals surface area contributed by atoms with E-state index in [1.807, 2.05) is 20.8 Å². The van der Waals surface area contributed by atoms with Crippen molar-refractivity contribution in [3.8, 4) is 0 Å². The van der Waals surface area contributed by atoms with Gasteiger partial charge in [0.05, 0.1) is 10.6 Å². The van der Waals surface area contributed by atoms with Crippen molar-refractivity contribution < 1.29 is 10.1 Å². The zero-order valence-corrected chi connectivity index (χ0v) is 8.90. The molecule has 1 aromatic rings. The van der Waals surface area contributed by atoms with Crippen molar-refractivity contribution in [2.75, 3.05) is 5.48 Å². The summed E-state index contributed by atoms with van der Waals surface area (Å²) in [7, 11) is 0. The van der Waals surface area contributed by atoms with E-state index in [1.165, 1.54) is 18.2 Å². The first kappa shape index (κ1) is 11.5. The summed E-state index contributed by atoms with van der Waals surface area (Å²) in [6, 6.07) is 4.18. The molecule has 5 nitrogen and oxygen atoms in total. The molecule has 0 saturated heterocycles. The van der Waals surface area contributed by atoms with Crippen molar-refractivity contribution in [1.29, 1.82) is 0 Å². The van der Waals surface area contributed by atoms with Gasteiger partial charge < -0.3 is 0 Å². The Labute approximate surface area is 87.8 Å². The van der Waals surface area contributed by atoms with E-state index in [1.54, 1.807) is 5.48 Å². The molecule has 0 aliphatic rings. The zero-order valence-electron chi connectivity index (χ0n) is 8.90. The van der Waals surface area contributed by atoms with Gasteiger partial charge in [0.15, 0.2) is 0 Å². The normalized spacial score (nSPS) is 11.2. The molecule has 0 fully saturated rings. The van der Waals surface area contributed by atoms with Crippen molar-refractivity contribution in [3.05, 3.63) is 33.9 Å². The molecule has 1 N–H and O–H groups in total. The maximum absolute atomic E-state index is 10.7. The molecule has 1 aromatic carbocycles. The van der Waals surface area contributed by atoms with Crippen LogP contribution in [0, 0.1) is 10.1 Å². The number of nitrogens with zero attached hydrogens (tertiary/aromatic N) is 1. The van der Waals surface area contributed by atoms with Crippen LogP contribution in [0.15, 0.2) is 18.2 Å². The van der Waals surface area contributed by atoms with Gasteiger partial charge in [0.25, 0.3) is 5.69 Å². The van der Waals surface area contributed by atoms with Crippen molar-refractivity contribution in [2.45, 2.75) is 26.2 Å². The number of hydrogen-bond acceptors (Lipinski definition) is 3. The molecule has 0 bridgehead atoms. The van der Waals surface area contributed by atoms with Gasteiger partial charge in [0.1, 0.15) is 0 Å². The lowest BCUT2D eigenvalue weighted by molar-refractivity contribution is -0.384. The minimum Gasteiger partial charge on any atom is -0.258 e. The second-order valence-electron chi connectivity index (χ2n) is 4.34. The SMILES string of the molecule is CC(C)(C)c1cc([N+](=O)[O-])ccc1N[O]. The first-order valence-corrected chi connectivity index (χ1v) is 4.53. The summed E-state index contributed by atoms with van der Waals surface area (Å²) >= 11 is 0. The highest BCUT2D eigenvalue weighted by atomic mass is 16.6. The lowest BCUT2D eigenvalue weighted by Gasteiger charge is -2.21. The Hall–Kier alpha value is -1.62. The third kappa shape index (κ3) is 2.44. The van der Waals surface area contributed by atoms with Gasteiger partial charge in [0, 0.05) is 12.1 Å². The van der Waals surface area contributed by atoms with Gasteiger partial charge in [-0.2, -0.15) is 0 Å². The number of non-ortho nitro benzene ring substituents is 1. The average Bonchev–Trinajstić information content (AvgIpc) is 2.15. The van der Waals surface area contributed by atoms with Crippen LogP contribution in [0.5, 0.6) is 0 Å². The van der Waals surface area contributed by atoms with Crippen molar-refractivity contribution in [2.24, 2.45) is 0 Å². The van der Waals surface area contributed by atoms with Gasteiger partial charge >= 0.3 is 0 Å². The van der Waals surface area contributed by atoms with Crippen LogP contribution in [0.3, 0.4) is 0 Å².